The minimum Gasteiger partial charge on any atom is -0.376 e. The van der Waals surface area contributed by atoms with Crippen LogP contribution in [-0.2, 0) is 16.1 Å². The van der Waals surface area contributed by atoms with Gasteiger partial charge in [-0.15, -0.1) is 10.2 Å². The fourth-order valence-electron chi connectivity index (χ4n) is 3.24. The van der Waals surface area contributed by atoms with E-state index in [1.807, 2.05) is 37.3 Å². The summed E-state index contributed by atoms with van der Waals surface area (Å²) in [7, 11) is 0. The van der Waals surface area contributed by atoms with Gasteiger partial charge in [0, 0.05) is 12.5 Å². The van der Waals surface area contributed by atoms with Crippen LogP contribution in [0.2, 0.25) is 0 Å². The van der Waals surface area contributed by atoms with Crippen molar-refractivity contribution < 1.29 is 9.53 Å². The number of aromatic nitrogens is 3. The van der Waals surface area contributed by atoms with Crippen LogP contribution in [0.4, 0.5) is 0 Å². The van der Waals surface area contributed by atoms with E-state index in [2.05, 4.69) is 33.9 Å². The first-order valence-electron chi connectivity index (χ1n) is 9.56. The molecule has 0 spiro atoms. The van der Waals surface area contributed by atoms with Crippen molar-refractivity contribution in [2.45, 2.75) is 63.4 Å². The Morgan fingerprint density at radius 2 is 2.07 bits per heavy atom. The van der Waals surface area contributed by atoms with Crippen LogP contribution in [0.1, 0.15) is 57.0 Å². The summed E-state index contributed by atoms with van der Waals surface area (Å²) in [5.74, 6) is 1.54. The van der Waals surface area contributed by atoms with E-state index >= 15 is 0 Å². The van der Waals surface area contributed by atoms with Crippen LogP contribution in [0.15, 0.2) is 35.5 Å². The highest BCUT2D eigenvalue weighted by Gasteiger charge is 2.22. The minimum absolute atomic E-state index is 0.00545. The van der Waals surface area contributed by atoms with Gasteiger partial charge in [0.2, 0.25) is 5.91 Å². The topological polar surface area (TPSA) is 69.0 Å². The van der Waals surface area contributed by atoms with E-state index < -0.39 is 0 Å². The maximum atomic E-state index is 12.4. The van der Waals surface area contributed by atoms with Crippen molar-refractivity contribution in [2.75, 3.05) is 12.4 Å². The second-order valence-electron chi connectivity index (χ2n) is 7.23. The van der Waals surface area contributed by atoms with E-state index in [0.717, 1.165) is 42.5 Å². The highest BCUT2D eigenvalue weighted by Crippen LogP contribution is 2.24. The molecule has 0 aliphatic carbocycles. The number of benzene rings is 1. The largest absolute Gasteiger partial charge is 0.376 e. The number of hydrogen-bond acceptors (Lipinski definition) is 5. The van der Waals surface area contributed by atoms with Crippen LogP contribution in [0, 0.1) is 0 Å². The molecule has 7 heteroatoms. The molecule has 2 atom stereocenters. The minimum atomic E-state index is -0.0183. The molecule has 1 aromatic carbocycles. The predicted octanol–water partition coefficient (Wildman–Crippen LogP) is 3.55. The van der Waals surface area contributed by atoms with E-state index in [1.165, 1.54) is 11.8 Å². The van der Waals surface area contributed by atoms with Crippen molar-refractivity contribution in [3.8, 4) is 0 Å². The standard InChI is InChI=1S/C20H28N4O2S/c1-14(2)19-22-23-20(24(19)12-17-10-7-11-26-17)27-13-18(25)21-15(3)16-8-5-4-6-9-16/h4-6,8-9,14-15,17H,7,10-13H2,1-3H3,(H,21,25). The molecule has 1 aromatic heterocycles. The summed E-state index contributed by atoms with van der Waals surface area (Å²) < 4.78 is 7.90. The summed E-state index contributed by atoms with van der Waals surface area (Å²) in [6, 6.07) is 9.95. The molecule has 2 unspecified atom stereocenters. The highest BCUT2D eigenvalue weighted by atomic mass is 32.2. The van der Waals surface area contributed by atoms with Crippen LogP contribution in [0.3, 0.4) is 0 Å². The third kappa shape index (κ3) is 5.32. The molecular formula is C20H28N4O2S. The van der Waals surface area contributed by atoms with E-state index in [-0.39, 0.29) is 24.0 Å². The molecule has 27 heavy (non-hydrogen) atoms. The first-order chi connectivity index (χ1) is 13.0. The number of nitrogens with one attached hydrogen (secondary N) is 1. The maximum Gasteiger partial charge on any atom is 0.230 e. The van der Waals surface area contributed by atoms with Crippen molar-refractivity contribution in [2.24, 2.45) is 0 Å². The molecule has 1 fully saturated rings. The molecule has 0 saturated carbocycles. The lowest BCUT2D eigenvalue weighted by Gasteiger charge is -2.16. The summed E-state index contributed by atoms with van der Waals surface area (Å²) >= 11 is 1.44. The van der Waals surface area contributed by atoms with Gasteiger partial charge in [-0.1, -0.05) is 55.9 Å². The Hall–Kier alpha value is -1.86. The van der Waals surface area contributed by atoms with Crippen LogP contribution >= 0.6 is 11.8 Å². The van der Waals surface area contributed by atoms with Crippen LogP contribution in [0.5, 0.6) is 0 Å². The number of amides is 1. The molecular weight excluding hydrogens is 360 g/mol. The first kappa shape index (κ1) is 19.9. The number of rotatable bonds is 8. The number of carbonyl (C=O) groups is 1. The quantitative estimate of drug-likeness (QED) is 0.701. The van der Waals surface area contributed by atoms with Gasteiger partial charge in [0.15, 0.2) is 5.16 Å². The van der Waals surface area contributed by atoms with Crippen molar-refractivity contribution in [3.05, 3.63) is 41.7 Å². The third-order valence-electron chi connectivity index (χ3n) is 4.68. The second kappa shape index (κ2) is 9.37. The Morgan fingerprint density at radius 1 is 1.30 bits per heavy atom. The summed E-state index contributed by atoms with van der Waals surface area (Å²) in [6.07, 6.45) is 2.38. The summed E-state index contributed by atoms with van der Waals surface area (Å²) in [4.78, 5) is 12.4. The van der Waals surface area contributed by atoms with Crippen LogP contribution in [0.25, 0.3) is 0 Å². The molecule has 1 aliphatic rings. The summed E-state index contributed by atoms with van der Waals surface area (Å²) in [6.45, 7) is 7.79. The number of thioether (sulfide) groups is 1. The van der Waals surface area contributed by atoms with Gasteiger partial charge in [-0.2, -0.15) is 0 Å². The van der Waals surface area contributed by atoms with E-state index in [0.29, 0.717) is 5.75 Å². The molecule has 0 bridgehead atoms. The molecule has 3 rings (SSSR count). The van der Waals surface area contributed by atoms with E-state index in [4.69, 9.17) is 4.74 Å². The maximum absolute atomic E-state index is 12.4. The van der Waals surface area contributed by atoms with Gasteiger partial charge in [-0.25, -0.2) is 0 Å². The SMILES string of the molecule is CC(C)c1nnc(SCC(=O)NC(C)c2ccccc2)n1CC1CCCO1. The third-order valence-corrected chi connectivity index (χ3v) is 5.65. The number of nitrogens with zero attached hydrogens (tertiary/aromatic N) is 3. The Kier molecular flexibility index (Phi) is 6.90. The Bertz CT molecular complexity index is 742. The second-order valence-corrected chi connectivity index (χ2v) is 8.17. The molecule has 1 saturated heterocycles. The first-order valence-corrected chi connectivity index (χ1v) is 10.5. The zero-order valence-electron chi connectivity index (χ0n) is 16.2. The van der Waals surface area contributed by atoms with Crippen LogP contribution in [-0.4, -0.2) is 39.1 Å². The zero-order chi connectivity index (χ0) is 19.2. The Labute approximate surface area is 165 Å². The molecule has 6 nitrogen and oxygen atoms in total. The van der Waals surface area contributed by atoms with Gasteiger partial charge in [-0.05, 0) is 25.3 Å². The number of hydrogen-bond donors (Lipinski definition) is 1. The Morgan fingerprint density at radius 3 is 2.74 bits per heavy atom. The van der Waals surface area contributed by atoms with Gasteiger partial charge in [-0.3, -0.25) is 4.79 Å². The van der Waals surface area contributed by atoms with Gasteiger partial charge in [0.25, 0.3) is 0 Å². The van der Waals surface area contributed by atoms with Crippen molar-refractivity contribution in [3.63, 3.8) is 0 Å². The Balaban J connectivity index is 1.60. The molecule has 2 heterocycles. The van der Waals surface area contributed by atoms with Crippen LogP contribution < -0.4 is 5.32 Å². The lowest BCUT2D eigenvalue weighted by molar-refractivity contribution is -0.119. The van der Waals surface area contributed by atoms with E-state index in [1.54, 1.807) is 0 Å². The fourth-order valence-corrected chi connectivity index (χ4v) is 4.00. The zero-order valence-corrected chi connectivity index (χ0v) is 17.0. The van der Waals surface area contributed by atoms with Gasteiger partial charge in [0.05, 0.1) is 24.4 Å². The van der Waals surface area contributed by atoms with Gasteiger partial charge in [0.1, 0.15) is 5.82 Å². The van der Waals surface area contributed by atoms with Gasteiger partial charge >= 0.3 is 0 Å². The fraction of sp³-hybridized carbons (Fsp3) is 0.550. The molecule has 1 aliphatic heterocycles. The van der Waals surface area contributed by atoms with Gasteiger partial charge < -0.3 is 14.6 Å². The molecule has 0 radical (unpaired) electrons. The molecule has 1 amide bonds. The molecule has 146 valence electrons. The van der Waals surface area contributed by atoms with Crippen molar-refractivity contribution >= 4 is 17.7 Å². The lowest BCUT2D eigenvalue weighted by Crippen LogP contribution is -2.28. The molecule has 1 N–H and O–H groups in total. The smallest absolute Gasteiger partial charge is 0.230 e. The van der Waals surface area contributed by atoms with Crippen molar-refractivity contribution in [1.82, 2.24) is 20.1 Å². The molecule has 2 aromatic rings. The normalized spacial score (nSPS) is 18.0. The number of ether oxygens (including phenoxy) is 1. The predicted molar refractivity (Wildman–Crippen MR) is 107 cm³/mol. The van der Waals surface area contributed by atoms with Crippen molar-refractivity contribution in [1.29, 1.82) is 0 Å². The monoisotopic (exact) mass is 388 g/mol. The summed E-state index contributed by atoms with van der Waals surface area (Å²) in [5.41, 5.74) is 1.10. The average molecular weight is 389 g/mol. The van der Waals surface area contributed by atoms with E-state index in [9.17, 15) is 4.79 Å². The number of carbonyl (C=O) groups excluding carboxylic acids is 1. The average Bonchev–Trinajstić information content (AvgIpc) is 3.31. The lowest BCUT2D eigenvalue weighted by atomic mass is 10.1. The highest BCUT2D eigenvalue weighted by molar-refractivity contribution is 7.99. The summed E-state index contributed by atoms with van der Waals surface area (Å²) in [5, 5.41) is 12.5.